The lowest BCUT2D eigenvalue weighted by Gasteiger charge is -2.10. The summed E-state index contributed by atoms with van der Waals surface area (Å²) in [7, 11) is 1.63. The number of methoxy groups -OCH3 is 1. The van der Waals surface area contributed by atoms with Crippen molar-refractivity contribution in [3.8, 4) is 11.6 Å². The number of nitrogens with two attached hydrogens (primary N) is 1. The summed E-state index contributed by atoms with van der Waals surface area (Å²) in [4.78, 5) is 4.55. The molecule has 2 heterocycles. The van der Waals surface area contributed by atoms with Gasteiger partial charge in [-0.15, -0.1) is 0 Å². The Hall–Kier alpha value is -1.81. The topological polar surface area (TPSA) is 57.4 Å². The molecule has 1 aliphatic heterocycles. The second-order valence-corrected chi connectivity index (χ2v) is 4.49. The Bertz CT molecular complexity index is 581. The zero-order valence-corrected chi connectivity index (χ0v) is 10.3. The Balaban J connectivity index is 2.19. The molecule has 1 aromatic carbocycles. The van der Waals surface area contributed by atoms with Crippen molar-refractivity contribution in [3.05, 3.63) is 29.8 Å². The van der Waals surface area contributed by atoms with E-state index >= 15 is 0 Å². The highest BCUT2D eigenvalue weighted by atomic mass is 16.5. The van der Waals surface area contributed by atoms with E-state index in [1.807, 2.05) is 24.3 Å². The van der Waals surface area contributed by atoms with Crippen molar-refractivity contribution in [3.63, 3.8) is 0 Å². The molecule has 4 heteroatoms. The fraction of sp³-hybridized carbons (Fsp3) is 0.357. The number of hydrogen-bond donors (Lipinski definition) is 1. The minimum absolute atomic E-state index is 0.341. The Labute approximate surface area is 106 Å². The summed E-state index contributed by atoms with van der Waals surface area (Å²) in [5.41, 5.74) is 7.82. The van der Waals surface area contributed by atoms with Crippen LogP contribution in [-0.2, 0) is 0 Å². The van der Waals surface area contributed by atoms with Crippen LogP contribution in [0.4, 0.5) is 0 Å². The van der Waals surface area contributed by atoms with Crippen molar-refractivity contribution in [1.82, 2.24) is 4.98 Å². The standard InChI is InChI=1S/C14H16N2O2/c1-17-12-5-3-9-2-4-11-13(14(9)16-12)10(6-7-15)8-18-11/h2-5,10H,6-8,15H2,1H3. The SMILES string of the molecule is COc1ccc2ccc3c(c2n1)C(CCN)CO3. The van der Waals surface area contributed by atoms with E-state index in [1.165, 1.54) is 5.56 Å². The maximum atomic E-state index is 5.71. The van der Waals surface area contributed by atoms with Crippen LogP contribution in [-0.4, -0.2) is 25.2 Å². The van der Waals surface area contributed by atoms with E-state index in [0.717, 1.165) is 23.1 Å². The molecule has 1 aliphatic rings. The predicted octanol–water partition coefficient (Wildman–Crippen LogP) is 2.07. The highest BCUT2D eigenvalue weighted by molar-refractivity contribution is 5.85. The zero-order chi connectivity index (χ0) is 12.5. The summed E-state index contributed by atoms with van der Waals surface area (Å²) >= 11 is 0. The molecule has 2 aromatic rings. The van der Waals surface area contributed by atoms with Gasteiger partial charge in [0.1, 0.15) is 5.75 Å². The Morgan fingerprint density at radius 1 is 1.39 bits per heavy atom. The number of ether oxygens (including phenoxy) is 2. The molecule has 0 fully saturated rings. The molecule has 0 bridgehead atoms. The number of pyridine rings is 1. The largest absolute Gasteiger partial charge is 0.493 e. The molecule has 94 valence electrons. The Morgan fingerprint density at radius 2 is 2.22 bits per heavy atom. The van der Waals surface area contributed by atoms with Crippen molar-refractivity contribution in [2.45, 2.75) is 12.3 Å². The van der Waals surface area contributed by atoms with Crippen LogP contribution < -0.4 is 15.2 Å². The lowest BCUT2D eigenvalue weighted by atomic mass is 9.95. The predicted molar refractivity (Wildman–Crippen MR) is 70.2 cm³/mol. The van der Waals surface area contributed by atoms with E-state index < -0.39 is 0 Å². The Kier molecular flexibility index (Phi) is 2.80. The summed E-state index contributed by atoms with van der Waals surface area (Å²) in [5.74, 6) is 1.91. The van der Waals surface area contributed by atoms with Crippen LogP contribution in [0.2, 0.25) is 0 Å². The van der Waals surface area contributed by atoms with E-state index in [-0.39, 0.29) is 0 Å². The summed E-state index contributed by atoms with van der Waals surface area (Å²) in [6, 6.07) is 7.95. The smallest absolute Gasteiger partial charge is 0.213 e. The summed E-state index contributed by atoms with van der Waals surface area (Å²) in [6.45, 7) is 1.36. The van der Waals surface area contributed by atoms with Gasteiger partial charge >= 0.3 is 0 Å². The fourth-order valence-corrected chi connectivity index (χ4v) is 2.51. The van der Waals surface area contributed by atoms with Crippen LogP contribution in [0.3, 0.4) is 0 Å². The maximum absolute atomic E-state index is 5.71. The molecule has 0 aliphatic carbocycles. The summed E-state index contributed by atoms with van der Waals surface area (Å²) in [5, 5.41) is 1.11. The van der Waals surface area contributed by atoms with Crippen LogP contribution in [0.5, 0.6) is 11.6 Å². The first kappa shape index (κ1) is 11.3. The van der Waals surface area contributed by atoms with Gasteiger partial charge in [-0.05, 0) is 31.2 Å². The van der Waals surface area contributed by atoms with Gasteiger partial charge in [0.25, 0.3) is 0 Å². The number of rotatable bonds is 3. The Morgan fingerprint density at radius 3 is 3.00 bits per heavy atom. The van der Waals surface area contributed by atoms with Crippen LogP contribution in [0.1, 0.15) is 17.9 Å². The van der Waals surface area contributed by atoms with E-state index in [4.69, 9.17) is 15.2 Å². The summed E-state index contributed by atoms with van der Waals surface area (Å²) < 4.78 is 10.9. The molecular weight excluding hydrogens is 228 g/mol. The lowest BCUT2D eigenvalue weighted by Crippen LogP contribution is -2.08. The first-order chi connectivity index (χ1) is 8.83. The van der Waals surface area contributed by atoms with Crippen molar-refractivity contribution in [2.24, 2.45) is 5.73 Å². The molecule has 3 rings (SSSR count). The van der Waals surface area contributed by atoms with Crippen molar-refractivity contribution in [1.29, 1.82) is 0 Å². The van der Waals surface area contributed by atoms with Gasteiger partial charge in [0.2, 0.25) is 5.88 Å². The molecule has 2 N–H and O–H groups in total. The second kappa shape index (κ2) is 4.46. The summed E-state index contributed by atoms with van der Waals surface area (Å²) in [6.07, 6.45) is 0.922. The van der Waals surface area contributed by atoms with Crippen LogP contribution in [0.25, 0.3) is 10.9 Å². The van der Waals surface area contributed by atoms with E-state index in [2.05, 4.69) is 4.98 Å². The minimum Gasteiger partial charge on any atom is -0.493 e. The molecule has 0 spiro atoms. The number of fused-ring (bicyclic) bond motifs is 3. The van der Waals surface area contributed by atoms with Gasteiger partial charge in [-0.1, -0.05) is 0 Å². The highest BCUT2D eigenvalue weighted by Crippen LogP contribution is 2.40. The second-order valence-electron chi connectivity index (χ2n) is 4.49. The normalized spacial score (nSPS) is 17.6. The minimum atomic E-state index is 0.341. The molecule has 1 aromatic heterocycles. The van der Waals surface area contributed by atoms with Crippen molar-refractivity contribution in [2.75, 3.05) is 20.3 Å². The number of hydrogen-bond acceptors (Lipinski definition) is 4. The van der Waals surface area contributed by atoms with Crippen molar-refractivity contribution < 1.29 is 9.47 Å². The molecule has 0 saturated carbocycles. The van der Waals surface area contributed by atoms with Gasteiger partial charge in [-0.3, -0.25) is 0 Å². The fourth-order valence-electron chi connectivity index (χ4n) is 2.51. The quantitative estimate of drug-likeness (QED) is 0.898. The van der Waals surface area contributed by atoms with Gasteiger partial charge in [-0.2, -0.15) is 0 Å². The molecule has 4 nitrogen and oxygen atoms in total. The first-order valence-electron chi connectivity index (χ1n) is 6.14. The maximum Gasteiger partial charge on any atom is 0.213 e. The van der Waals surface area contributed by atoms with Crippen LogP contribution in [0.15, 0.2) is 24.3 Å². The number of aromatic nitrogens is 1. The molecular formula is C14H16N2O2. The lowest BCUT2D eigenvalue weighted by molar-refractivity contribution is 0.326. The van der Waals surface area contributed by atoms with Crippen LogP contribution in [0, 0.1) is 0 Å². The van der Waals surface area contributed by atoms with E-state index in [0.29, 0.717) is 24.9 Å². The zero-order valence-electron chi connectivity index (χ0n) is 10.3. The first-order valence-corrected chi connectivity index (χ1v) is 6.14. The number of nitrogens with zero attached hydrogens (tertiary/aromatic N) is 1. The number of benzene rings is 1. The highest BCUT2D eigenvalue weighted by Gasteiger charge is 2.26. The molecule has 0 amide bonds. The molecule has 0 radical (unpaired) electrons. The monoisotopic (exact) mass is 244 g/mol. The van der Waals surface area contributed by atoms with Crippen LogP contribution >= 0.6 is 0 Å². The van der Waals surface area contributed by atoms with Gasteiger partial charge in [0, 0.05) is 22.9 Å². The van der Waals surface area contributed by atoms with Gasteiger partial charge in [0.05, 0.1) is 19.2 Å². The molecule has 1 unspecified atom stereocenters. The molecule has 1 atom stereocenters. The van der Waals surface area contributed by atoms with Gasteiger partial charge in [0.15, 0.2) is 0 Å². The average molecular weight is 244 g/mol. The van der Waals surface area contributed by atoms with Crippen molar-refractivity contribution >= 4 is 10.9 Å². The third-order valence-corrected chi connectivity index (χ3v) is 3.41. The third-order valence-electron chi connectivity index (χ3n) is 3.41. The molecule has 0 saturated heterocycles. The van der Waals surface area contributed by atoms with Gasteiger partial charge in [-0.25, -0.2) is 4.98 Å². The van der Waals surface area contributed by atoms with E-state index in [1.54, 1.807) is 7.11 Å². The molecule has 18 heavy (non-hydrogen) atoms. The third kappa shape index (κ3) is 1.69. The van der Waals surface area contributed by atoms with E-state index in [9.17, 15) is 0 Å². The van der Waals surface area contributed by atoms with Gasteiger partial charge < -0.3 is 15.2 Å². The average Bonchev–Trinajstić information content (AvgIpc) is 2.82.